The van der Waals surface area contributed by atoms with Gasteiger partial charge in [0.1, 0.15) is 14.1 Å². The molecule has 0 fully saturated rings. The third-order valence-electron chi connectivity index (χ3n) is 4.60. The van der Waals surface area contributed by atoms with E-state index >= 15 is 0 Å². The van der Waals surface area contributed by atoms with Crippen LogP contribution in [0.25, 0.3) is 0 Å². The molecule has 2 rings (SSSR count). The summed E-state index contributed by atoms with van der Waals surface area (Å²) in [6.45, 7) is 9.00. The standard InChI is InChI=1S/C13H22N2/c1-9-7-13(8-10(9)2)14(5)11(3)12(4)15(13)6/h7-8H2,1-6H3/q+2. The lowest BCUT2D eigenvalue weighted by Crippen LogP contribution is -2.44. The van der Waals surface area contributed by atoms with E-state index < -0.39 is 0 Å². The normalized spacial score (nSPS) is 25.2. The third-order valence-corrected chi connectivity index (χ3v) is 4.60. The highest BCUT2D eigenvalue weighted by atomic mass is 15.3. The molecule has 82 valence electrons. The number of nitrogens with zero attached hydrogens (tertiary/aromatic N) is 2. The second-order valence-corrected chi connectivity index (χ2v) is 5.19. The Morgan fingerprint density at radius 2 is 1.13 bits per heavy atom. The van der Waals surface area contributed by atoms with Crippen molar-refractivity contribution in [2.45, 2.75) is 46.2 Å². The Morgan fingerprint density at radius 1 is 0.800 bits per heavy atom. The van der Waals surface area contributed by atoms with Crippen molar-refractivity contribution in [1.82, 2.24) is 0 Å². The van der Waals surface area contributed by atoms with E-state index in [0.29, 0.717) is 0 Å². The Labute approximate surface area is 92.6 Å². The molecule has 0 aromatic heterocycles. The Kier molecular flexibility index (Phi) is 2.14. The summed E-state index contributed by atoms with van der Waals surface area (Å²) in [5, 5.41) is 0. The van der Waals surface area contributed by atoms with E-state index in [9.17, 15) is 0 Å². The lowest BCUT2D eigenvalue weighted by atomic mass is 10.1. The maximum atomic E-state index is 2.46. The van der Waals surface area contributed by atoms with Crippen molar-refractivity contribution in [1.29, 1.82) is 0 Å². The predicted molar refractivity (Wildman–Crippen MR) is 64.1 cm³/mol. The highest BCUT2D eigenvalue weighted by molar-refractivity contribution is 6.36. The van der Waals surface area contributed by atoms with Gasteiger partial charge in [-0.2, -0.15) is 9.15 Å². The molecule has 2 heteroatoms. The molecule has 0 amide bonds. The van der Waals surface area contributed by atoms with Crippen molar-refractivity contribution in [3.8, 4) is 0 Å². The van der Waals surface area contributed by atoms with Crippen molar-refractivity contribution < 1.29 is 9.15 Å². The topological polar surface area (TPSA) is 6.02 Å². The molecular weight excluding hydrogens is 184 g/mol. The largest absolute Gasteiger partial charge is 0.358 e. The van der Waals surface area contributed by atoms with Crippen LogP contribution in [0.2, 0.25) is 0 Å². The van der Waals surface area contributed by atoms with Crippen LogP contribution >= 0.6 is 0 Å². The molecule has 2 nitrogen and oxygen atoms in total. The molecule has 0 saturated heterocycles. The van der Waals surface area contributed by atoms with Crippen LogP contribution in [0.4, 0.5) is 0 Å². The van der Waals surface area contributed by atoms with Crippen LogP contribution < -0.4 is 0 Å². The van der Waals surface area contributed by atoms with Crippen LogP contribution in [0.5, 0.6) is 0 Å². The summed E-state index contributed by atoms with van der Waals surface area (Å²) >= 11 is 0. The molecule has 0 aromatic carbocycles. The summed E-state index contributed by atoms with van der Waals surface area (Å²) in [6.07, 6.45) is 2.36. The van der Waals surface area contributed by atoms with E-state index in [2.05, 4.69) is 50.9 Å². The molecule has 1 spiro atoms. The molecule has 0 bridgehead atoms. The minimum absolute atomic E-state index is 0.211. The molecule has 1 aliphatic heterocycles. The van der Waals surface area contributed by atoms with Crippen molar-refractivity contribution >= 4 is 11.4 Å². The molecule has 0 aromatic rings. The maximum absolute atomic E-state index is 2.46. The fourth-order valence-electron chi connectivity index (χ4n) is 3.02. The second-order valence-electron chi connectivity index (χ2n) is 5.19. The summed E-state index contributed by atoms with van der Waals surface area (Å²) in [7, 11) is 4.46. The van der Waals surface area contributed by atoms with Gasteiger partial charge in [-0.25, -0.2) is 0 Å². The summed E-state index contributed by atoms with van der Waals surface area (Å²) in [4.78, 5) is 0. The van der Waals surface area contributed by atoms with Crippen molar-refractivity contribution in [3.05, 3.63) is 11.1 Å². The lowest BCUT2D eigenvalue weighted by molar-refractivity contribution is -0.793. The van der Waals surface area contributed by atoms with Crippen LogP contribution in [-0.4, -0.2) is 40.3 Å². The van der Waals surface area contributed by atoms with Gasteiger partial charge in [-0.3, -0.25) is 0 Å². The summed E-state index contributed by atoms with van der Waals surface area (Å²) in [6, 6.07) is 0. The highest BCUT2D eigenvalue weighted by Crippen LogP contribution is 2.39. The van der Waals surface area contributed by atoms with Gasteiger partial charge in [0.25, 0.3) is 0 Å². The van der Waals surface area contributed by atoms with Crippen molar-refractivity contribution in [2.75, 3.05) is 14.1 Å². The monoisotopic (exact) mass is 206 g/mol. The maximum Gasteiger partial charge on any atom is 0.358 e. The van der Waals surface area contributed by atoms with E-state index in [4.69, 9.17) is 0 Å². The van der Waals surface area contributed by atoms with E-state index in [-0.39, 0.29) is 5.66 Å². The lowest BCUT2D eigenvalue weighted by Gasteiger charge is -2.16. The molecule has 0 N–H and O–H groups in total. The van der Waals surface area contributed by atoms with Crippen molar-refractivity contribution in [3.63, 3.8) is 0 Å². The van der Waals surface area contributed by atoms with Crippen LogP contribution in [0, 0.1) is 0 Å². The summed E-state index contributed by atoms with van der Waals surface area (Å²) in [5.74, 6) is 0. The van der Waals surface area contributed by atoms with Gasteiger partial charge >= 0.3 is 5.66 Å². The molecule has 15 heavy (non-hydrogen) atoms. The Hall–Kier alpha value is -0.920. The SMILES string of the molecule is CC1=C(C)CC2(C1)[N+](C)=C(C)C(C)=[N+]2C. The molecule has 1 aliphatic carbocycles. The van der Waals surface area contributed by atoms with Gasteiger partial charge in [-0.15, -0.1) is 0 Å². The van der Waals surface area contributed by atoms with Gasteiger partial charge in [0.2, 0.25) is 11.4 Å². The average Bonchev–Trinajstić information content (AvgIpc) is 2.57. The van der Waals surface area contributed by atoms with Crippen molar-refractivity contribution in [2.24, 2.45) is 0 Å². The van der Waals surface area contributed by atoms with E-state index in [0.717, 1.165) is 0 Å². The zero-order valence-corrected chi connectivity index (χ0v) is 10.8. The molecule has 2 aliphatic rings. The molecule has 0 atom stereocenters. The van der Waals surface area contributed by atoms with Crippen LogP contribution in [0.1, 0.15) is 40.5 Å². The first-order valence-corrected chi connectivity index (χ1v) is 5.70. The van der Waals surface area contributed by atoms with Gasteiger partial charge in [-0.1, -0.05) is 11.1 Å². The number of hydrogen-bond acceptors (Lipinski definition) is 0. The number of rotatable bonds is 0. The van der Waals surface area contributed by atoms with E-state index in [1.165, 1.54) is 24.3 Å². The molecule has 1 heterocycles. The van der Waals surface area contributed by atoms with Crippen LogP contribution in [0.15, 0.2) is 11.1 Å². The Balaban J connectivity index is 2.51. The quantitative estimate of drug-likeness (QED) is 0.422. The predicted octanol–water partition coefficient (Wildman–Crippen LogP) is 2.03. The highest BCUT2D eigenvalue weighted by Gasteiger charge is 2.58. The number of hydrogen-bond donors (Lipinski definition) is 0. The van der Waals surface area contributed by atoms with E-state index in [1.54, 1.807) is 11.1 Å². The fraction of sp³-hybridized carbons (Fsp3) is 0.692. The minimum Gasteiger partial charge on any atom is -0.168 e. The fourth-order valence-corrected chi connectivity index (χ4v) is 3.02. The zero-order chi connectivity index (χ0) is 11.4. The third kappa shape index (κ3) is 1.17. The molecule has 0 unspecified atom stereocenters. The van der Waals surface area contributed by atoms with Gasteiger partial charge in [0.05, 0.1) is 12.8 Å². The average molecular weight is 206 g/mol. The van der Waals surface area contributed by atoms with Gasteiger partial charge in [-0.05, 0) is 13.8 Å². The summed E-state index contributed by atoms with van der Waals surface area (Å²) < 4.78 is 4.92. The van der Waals surface area contributed by atoms with Crippen LogP contribution in [-0.2, 0) is 0 Å². The van der Waals surface area contributed by atoms with Gasteiger partial charge < -0.3 is 0 Å². The molecule has 0 saturated carbocycles. The first kappa shape index (κ1) is 10.6. The van der Waals surface area contributed by atoms with E-state index in [1.807, 2.05) is 0 Å². The van der Waals surface area contributed by atoms with Gasteiger partial charge in [0, 0.05) is 13.8 Å². The summed E-state index contributed by atoms with van der Waals surface area (Å²) in [5.41, 5.74) is 6.18. The smallest absolute Gasteiger partial charge is 0.168 e. The minimum atomic E-state index is 0.211. The molecular formula is C13H22N2+2. The Bertz CT molecular complexity index is 382. The first-order valence-electron chi connectivity index (χ1n) is 5.70. The molecule has 0 radical (unpaired) electrons. The van der Waals surface area contributed by atoms with Crippen LogP contribution in [0.3, 0.4) is 0 Å². The zero-order valence-electron chi connectivity index (χ0n) is 10.8. The van der Waals surface area contributed by atoms with Gasteiger partial charge in [0.15, 0.2) is 0 Å². The Morgan fingerprint density at radius 3 is 1.47 bits per heavy atom. The first-order chi connectivity index (χ1) is 6.90. The second kappa shape index (κ2) is 3.03.